The molecule has 0 radical (unpaired) electrons. The van der Waals surface area contributed by atoms with E-state index < -0.39 is 6.09 Å². The Labute approximate surface area is 78.1 Å². The van der Waals surface area contributed by atoms with Crippen LogP contribution < -0.4 is 0 Å². The minimum atomic E-state index is -0.779. The molecule has 0 aromatic heterocycles. The molecule has 1 aliphatic heterocycles. The normalized spacial score (nSPS) is 24.3. The van der Waals surface area contributed by atoms with E-state index in [0.29, 0.717) is 19.1 Å². The molecule has 0 atom stereocenters. The lowest BCUT2D eigenvalue weighted by Gasteiger charge is -2.47. The van der Waals surface area contributed by atoms with Gasteiger partial charge in [0.25, 0.3) is 0 Å². The van der Waals surface area contributed by atoms with Gasteiger partial charge in [-0.3, -0.25) is 4.90 Å². The molecule has 74 valence electrons. The summed E-state index contributed by atoms with van der Waals surface area (Å²) in [6.45, 7) is 1.39. The fourth-order valence-electron chi connectivity index (χ4n) is 1.96. The number of rotatable bonds is 2. The fraction of sp³-hybridized carbons (Fsp3) is 0.889. The lowest BCUT2D eigenvalue weighted by Crippen LogP contribution is -2.62. The quantitative estimate of drug-likeness (QED) is 0.691. The molecular formula is C9H16N2O2. The second kappa shape index (κ2) is 3.18. The van der Waals surface area contributed by atoms with E-state index in [1.807, 2.05) is 0 Å². The molecular weight excluding hydrogens is 168 g/mol. The summed E-state index contributed by atoms with van der Waals surface area (Å²) >= 11 is 0. The third-order valence-corrected chi connectivity index (χ3v) is 3.36. The van der Waals surface area contributed by atoms with E-state index in [-0.39, 0.29) is 0 Å². The van der Waals surface area contributed by atoms with Crippen molar-refractivity contribution in [2.45, 2.75) is 31.3 Å². The number of nitrogens with zero attached hydrogens (tertiary/aromatic N) is 2. The van der Waals surface area contributed by atoms with Crippen LogP contribution in [0, 0.1) is 0 Å². The molecule has 2 aliphatic rings. The molecule has 0 bridgehead atoms. The van der Waals surface area contributed by atoms with Gasteiger partial charge in [-0.05, 0) is 19.9 Å². The van der Waals surface area contributed by atoms with Crippen molar-refractivity contribution in [2.75, 3.05) is 20.1 Å². The minimum Gasteiger partial charge on any atom is -0.465 e. The predicted molar refractivity (Wildman–Crippen MR) is 48.8 cm³/mol. The Morgan fingerprint density at radius 3 is 2.38 bits per heavy atom. The highest BCUT2D eigenvalue weighted by molar-refractivity contribution is 5.66. The first-order chi connectivity index (χ1) is 6.18. The van der Waals surface area contributed by atoms with Gasteiger partial charge in [-0.2, -0.15) is 0 Å². The SMILES string of the molecule is CN(C1CCC1)C1CN(C(=O)O)C1. The van der Waals surface area contributed by atoms with Gasteiger partial charge in [-0.1, -0.05) is 6.42 Å². The molecule has 13 heavy (non-hydrogen) atoms. The molecule has 2 rings (SSSR count). The van der Waals surface area contributed by atoms with Crippen molar-refractivity contribution in [3.63, 3.8) is 0 Å². The molecule has 1 aliphatic carbocycles. The summed E-state index contributed by atoms with van der Waals surface area (Å²) in [4.78, 5) is 14.3. The van der Waals surface area contributed by atoms with Gasteiger partial charge in [0.05, 0.1) is 0 Å². The fourth-order valence-corrected chi connectivity index (χ4v) is 1.96. The number of hydrogen-bond donors (Lipinski definition) is 1. The number of likely N-dealkylation sites (N-methyl/N-ethyl adjacent to an activating group) is 1. The first-order valence-electron chi connectivity index (χ1n) is 4.88. The molecule has 4 heteroatoms. The molecule has 0 aromatic rings. The standard InChI is InChI=1S/C9H16N2O2/c1-10(7-3-2-4-7)8-5-11(6-8)9(12)13/h7-8H,2-6H2,1H3,(H,12,13). The van der Waals surface area contributed by atoms with Gasteiger partial charge >= 0.3 is 6.09 Å². The van der Waals surface area contributed by atoms with Crippen molar-refractivity contribution in [3.05, 3.63) is 0 Å². The van der Waals surface area contributed by atoms with Crippen molar-refractivity contribution in [1.82, 2.24) is 9.80 Å². The van der Waals surface area contributed by atoms with Gasteiger partial charge in [-0.25, -0.2) is 4.79 Å². The number of carboxylic acid groups (broad SMARTS) is 1. The van der Waals surface area contributed by atoms with Crippen LogP contribution in [0.25, 0.3) is 0 Å². The average molecular weight is 184 g/mol. The molecule has 1 saturated heterocycles. The summed E-state index contributed by atoms with van der Waals surface area (Å²) in [6, 6.07) is 1.20. The first-order valence-corrected chi connectivity index (χ1v) is 4.88. The monoisotopic (exact) mass is 184 g/mol. The number of amides is 1. The summed E-state index contributed by atoms with van der Waals surface area (Å²) < 4.78 is 0. The number of likely N-dealkylation sites (tertiary alicyclic amines) is 1. The maximum atomic E-state index is 10.5. The second-order valence-corrected chi connectivity index (χ2v) is 4.09. The zero-order valence-electron chi connectivity index (χ0n) is 7.94. The van der Waals surface area contributed by atoms with Gasteiger partial charge in [0.15, 0.2) is 0 Å². The molecule has 1 heterocycles. The summed E-state index contributed by atoms with van der Waals surface area (Å²) in [7, 11) is 2.12. The zero-order valence-corrected chi connectivity index (χ0v) is 7.94. The smallest absolute Gasteiger partial charge is 0.407 e. The van der Waals surface area contributed by atoms with Crippen LogP contribution in [0.15, 0.2) is 0 Å². The summed E-state index contributed by atoms with van der Waals surface area (Å²) in [6.07, 6.45) is 3.14. The van der Waals surface area contributed by atoms with Crippen LogP contribution in [0.2, 0.25) is 0 Å². The lowest BCUT2D eigenvalue weighted by atomic mass is 9.90. The topological polar surface area (TPSA) is 43.8 Å². The molecule has 4 nitrogen and oxygen atoms in total. The zero-order chi connectivity index (χ0) is 9.42. The first kappa shape index (κ1) is 8.81. The van der Waals surface area contributed by atoms with E-state index in [2.05, 4.69) is 11.9 Å². The highest BCUT2D eigenvalue weighted by atomic mass is 16.4. The van der Waals surface area contributed by atoms with Gasteiger partial charge in [0.1, 0.15) is 0 Å². The van der Waals surface area contributed by atoms with Gasteiger partial charge in [-0.15, -0.1) is 0 Å². The second-order valence-electron chi connectivity index (χ2n) is 4.09. The molecule has 1 amide bonds. The maximum absolute atomic E-state index is 10.5. The number of hydrogen-bond acceptors (Lipinski definition) is 2. The molecule has 0 unspecified atom stereocenters. The van der Waals surface area contributed by atoms with Crippen LogP contribution in [-0.2, 0) is 0 Å². The van der Waals surface area contributed by atoms with Crippen molar-refractivity contribution in [2.24, 2.45) is 0 Å². The third kappa shape index (κ3) is 1.50. The molecule has 0 spiro atoms. The van der Waals surface area contributed by atoms with Crippen molar-refractivity contribution >= 4 is 6.09 Å². The van der Waals surface area contributed by atoms with E-state index in [4.69, 9.17) is 5.11 Å². The molecule has 1 saturated carbocycles. The molecule has 1 N–H and O–H groups in total. The van der Waals surface area contributed by atoms with Crippen molar-refractivity contribution in [1.29, 1.82) is 0 Å². The van der Waals surface area contributed by atoms with E-state index in [0.717, 1.165) is 6.04 Å². The van der Waals surface area contributed by atoms with Crippen LogP contribution in [0.5, 0.6) is 0 Å². The minimum absolute atomic E-state index is 0.474. The van der Waals surface area contributed by atoms with E-state index in [9.17, 15) is 4.79 Å². The molecule has 0 aromatic carbocycles. The van der Waals surface area contributed by atoms with Crippen molar-refractivity contribution < 1.29 is 9.90 Å². The average Bonchev–Trinajstić information content (AvgIpc) is 1.76. The largest absolute Gasteiger partial charge is 0.465 e. The van der Waals surface area contributed by atoms with Gasteiger partial charge in [0, 0.05) is 25.2 Å². The predicted octanol–water partition coefficient (Wildman–Crippen LogP) is 0.833. The number of carbonyl (C=O) groups is 1. The van der Waals surface area contributed by atoms with Gasteiger partial charge < -0.3 is 10.0 Å². The highest BCUT2D eigenvalue weighted by Gasteiger charge is 2.37. The summed E-state index contributed by atoms with van der Waals surface area (Å²) in [5.74, 6) is 0. The van der Waals surface area contributed by atoms with E-state index in [1.54, 1.807) is 0 Å². The van der Waals surface area contributed by atoms with Crippen LogP contribution in [0.1, 0.15) is 19.3 Å². The Morgan fingerprint density at radius 1 is 1.38 bits per heavy atom. The highest BCUT2D eigenvalue weighted by Crippen LogP contribution is 2.27. The Morgan fingerprint density at radius 2 is 2.00 bits per heavy atom. The Balaban J connectivity index is 1.75. The van der Waals surface area contributed by atoms with E-state index in [1.165, 1.54) is 24.2 Å². The summed E-state index contributed by atoms with van der Waals surface area (Å²) in [5, 5.41) is 8.65. The van der Waals surface area contributed by atoms with Crippen LogP contribution in [0.4, 0.5) is 4.79 Å². The lowest BCUT2D eigenvalue weighted by molar-refractivity contribution is 0.0106. The maximum Gasteiger partial charge on any atom is 0.407 e. The van der Waals surface area contributed by atoms with Crippen LogP contribution >= 0.6 is 0 Å². The Kier molecular flexibility index (Phi) is 2.15. The van der Waals surface area contributed by atoms with Gasteiger partial charge in [0.2, 0.25) is 0 Å². The summed E-state index contributed by atoms with van der Waals surface area (Å²) in [5.41, 5.74) is 0. The van der Waals surface area contributed by atoms with Crippen LogP contribution in [0.3, 0.4) is 0 Å². The molecule has 2 fully saturated rings. The van der Waals surface area contributed by atoms with Crippen LogP contribution in [-0.4, -0.2) is 53.2 Å². The van der Waals surface area contributed by atoms with Crippen molar-refractivity contribution in [3.8, 4) is 0 Å². The van der Waals surface area contributed by atoms with E-state index >= 15 is 0 Å². The Hall–Kier alpha value is -0.770. The third-order valence-electron chi connectivity index (χ3n) is 3.36. The Bertz CT molecular complexity index is 210.